The molecule has 2 aromatic heterocycles. The van der Waals surface area contributed by atoms with E-state index in [1.54, 1.807) is 35.4 Å². The Morgan fingerprint density at radius 3 is 2.63 bits per heavy atom. The van der Waals surface area contributed by atoms with Gasteiger partial charge in [-0.2, -0.15) is 0 Å². The quantitative estimate of drug-likeness (QED) is 0.290. The molecule has 1 aromatic carbocycles. The standard InChI is InChI=1S/C24H25N3O6S2/c1-3-17-4-6-18(7-5-17)20-8-9-21(34-20)24(13-23(29)25-30)10-11-27(22-12-16(2)33-26-22)14-19(15-28)35(24,31)32/h4-9,12,30H,3,10-11,13-14H2,1-2H3,(H,25,29)/t24-/m0/s1. The highest BCUT2D eigenvalue weighted by Gasteiger charge is 2.52. The van der Waals surface area contributed by atoms with E-state index in [9.17, 15) is 23.2 Å². The lowest BCUT2D eigenvalue weighted by Crippen LogP contribution is -2.41. The highest BCUT2D eigenvalue weighted by atomic mass is 32.2. The van der Waals surface area contributed by atoms with Gasteiger partial charge in [0.05, 0.1) is 13.0 Å². The molecule has 0 saturated carbocycles. The fourth-order valence-electron chi connectivity index (χ4n) is 4.28. The normalized spacial score (nSPS) is 19.7. The monoisotopic (exact) mass is 515 g/mol. The van der Waals surface area contributed by atoms with Crippen molar-refractivity contribution in [2.45, 2.75) is 37.9 Å². The van der Waals surface area contributed by atoms with Gasteiger partial charge in [-0.15, -0.1) is 11.3 Å². The van der Waals surface area contributed by atoms with E-state index < -0.39 is 31.8 Å². The highest BCUT2D eigenvalue weighted by molar-refractivity contribution is 7.96. The second-order valence-corrected chi connectivity index (χ2v) is 11.8. The molecule has 0 aliphatic carbocycles. The SMILES string of the molecule is CCc1ccc(-c2ccc([C@@]3(CC(=O)NO)CCN(c4cc(C)on4)CC(=C=O)S3(=O)=O)s2)cc1. The van der Waals surface area contributed by atoms with Gasteiger partial charge in [-0.3, -0.25) is 10.0 Å². The van der Waals surface area contributed by atoms with Crippen molar-refractivity contribution in [3.8, 4) is 10.4 Å². The summed E-state index contributed by atoms with van der Waals surface area (Å²) in [6.45, 7) is 3.69. The number of rotatable bonds is 6. The molecule has 0 spiro atoms. The number of carbonyl (C=O) groups excluding carboxylic acids is 2. The third-order valence-corrected chi connectivity index (χ3v) is 10.2. The summed E-state index contributed by atoms with van der Waals surface area (Å²) in [5.74, 6) is 1.65. The summed E-state index contributed by atoms with van der Waals surface area (Å²) in [4.78, 5) is 26.7. The Hall–Kier alpha value is -3.24. The minimum atomic E-state index is -4.35. The van der Waals surface area contributed by atoms with Crippen LogP contribution in [0.4, 0.5) is 5.82 Å². The Morgan fingerprint density at radius 2 is 2.03 bits per heavy atom. The molecule has 1 atom stereocenters. The molecule has 3 heterocycles. The zero-order valence-electron chi connectivity index (χ0n) is 19.3. The number of aromatic nitrogens is 1. The average Bonchev–Trinajstić information content (AvgIpc) is 3.50. The van der Waals surface area contributed by atoms with Gasteiger partial charge < -0.3 is 9.42 Å². The van der Waals surface area contributed by atoms with Gasteiger partial charge in [0.2, 0.25) is 5.91 Å². The van der Waals surface area contributed by atoms with Gasteiger partial charge in [0.1, 0.15) is 21.4 Å². The van der Waals surface area contributed by atoms with Crippen molar-refractivity contribution >= 4 is 38.8 Å². The Morgan fingerprint density at radius 1 is 1.29 bits per heavy atom. The van der Waals surface area contributed by atoms with Crippen molar-refractivity contribution < 1.29 is 27.7 Å². The Kier molecular flexibility index (Phi) is 6.95. The van der Waals surface area contributed by atoms with E-state index >= 15 is 0 Å². The van der Waals surface area contributed by atoms with Crippen molar-refractivity contribution in [3.63, 3.8) is 0 Å². The molecule has 4 rings (SSSR count). The summed E-state index contributed by atoms with van der Waals surface area (Å²) in [6, 6.07) is 13.1. The number of hydrogen-bond acceptors (Lipinski definition) is 9. The van der Waals surface area contributed by atoms with Crippen LogP contribution in [-0.2, 0) is 30.6 Å². The number of sulfone groups is 1. The van der Waals surface area contributed by atoms with Crippen LogP contribution in [0.5, 0.6) is 0 Å². The molecule has 1 aliphatic rings. The van der Waals surface area contributed by atoms with Gasteiger partial charge >= 0.3 is 0 Å². The smallest absolute Gasteiger partial charge is 0.245 e. The maximum atomic E-state index is 13.9. The third kappa shape index (κ3) is 4.55. The predicted octanol–water partition coefficient (Wildman–Crippen LogP) is 3.41. The number of benzene rings is 1. The highest BCUT2D eigenvalue weighted by Crippen LogP contribution is 2.47. The van der Waals surface area contributed by atoms with Gasteiger partial charge in [0, 0.05) is 22.4 Å². The maximum Gasteiger partial charge on any atom is 0.245 e. The summed E-state index contributed by atoms with van der Waals surface area (Å²) in [5.41, 5.74) is 3.64. The van der Waals surface area contributed by atoms with E-state index in [0.29, 0.717) is 16.5 Å². The zero-order chi connectivity index (χ0) is 25.2. The first-order valence-corrected chi connectivity index (χ1v) is 13.3. The van der Waals surface area contributed by atoms with Gasteiger partial charge in [-0.05, 0) is 43.0 Å². The molecule has 11 heteroatoms. The topological polar surface area (TPSA) is 130 Å². The summed E-state index contributed by atoms with van der Waals surface area (Å²) in [6.07, 6.45) is 0.321. The van der Waals surface area contributed by atoms with Crippen LogP contribution in [0, 0.1) is 6.92 Å². The van der Waals surface area contributed by atoms with Crippen LogP contribution in [0.1, 0.15) is 36.0 Å². The van der Waals surface area contributed by atoms with Crippen LogP contribution in [0.3, 0.4) is 0 Å². The lowest BCUT2D eigenvalue weighted by Gasteiger charge is -2.30. The van der Waals surface area contributed by atoms with Crippen molar-refractivity contribution in [1.29, 1.82) is 0 Å². The van der Waals surface area contributed by atoms with Crippen molar-refractivity contribution in [1.82, 2.24) is 10.6 Å². The Balaban J connectivity index is 1.83. The molecule has 1 fully saturated rings. The van der Waals surface area contributed by atoms with E-state index in [2.05, 4.69) is 12.1 Å². The number of nitrogens with zero attached hydrogens (tertiary/aromatic N) is 2. The molecule has 1 saturated heterocycles. The number of aryl methyl sites for hydroxylation is 2. The zero-order valence-corrected chi connectivity index (χ0v) is 20.9. The minimum absolute atomic E-state index is 0.0193. The third-order valence-electron chi connectivity index (χ3n) is 6.28. The van der Waals surface area contributed by atoms with Crippen molar-refractivity contribution in [2.75, 3.05) is 18.0 Å². The molecular weight excluding hydrogens is 490 g/mol. The number of amides is 1. The summed E-state index contributed by atoms with van der Waals surface area (Å²) in [7, 11) is -4.35. The van der Waals surface area contributed by atoms with Crippen LogP contribution in [0.25, 0.3) is 10.4 Å². The number of anilines is 1. The van der Waals surface area contributed by atoms with Crippen molar-refractivity contribution in [3.05, 3.63) is 63.6 Å². The van der Waals surface area contributed by atoms with Gasteiger partial charge in [0.15, 0.2) is 15.7 Å². The van der Waals surface area contributed by atoms with Crippen molar-refractivity contribution in [2.24, 2.45) is 0 Å². The molecule has 0 radical (unpaired) electrons. The molecular formula is C24H25N3O6S2. The lowest BCUT2D eigenvalue weighted by molar-refractivity contribution is -0.129. The number of carbonyl (C=O) groups is 1. The molecule has 1 aliphatic heterocycles. The first-order chi connectivity index (χ1) is 16.7. The van der Waals surface area contributed by atoms with Gasteiger partial charge in [-0.1, -0.05) is 36.3 Å². The molecule has 9 nitrogen and oxygen atoms in total. The lowest BCUT2D eigenvalue weighted by atomic mass is 9.97. The summed E-state index contributed by atoms with van der Waals surface area (Å²) >= 11 is 1.25. The van der Waals surface area contributed by atoms with Crippen LogP contribution >= 0.6 is 11.3 Å². The first kappa shape index (κ1) is 24.9. The molecule has 0 bridgehead atoms. The molecule has 184 valence electrons. The minimum Gasteiger partial charge on any atom is -0.360 e. The molecule has 35 heavy (non-hydrogen) atoms. The van der Waals surface area contributed by atoms with Gasteiger partial charge in [0.25, 0.3) is 0 Å². The average molecular weight is 516 g/mol. The van der Waals surface area contributed by atoms with Crippen LogP contribution < -0.4 is 10.4 Å². The number of thiophene rings is 1. The van der Waals surface area contributed by atoms with E-state index in [4.69, 9.17) is 4.52 Å². The summed E-state index contributed by atoms with van der Waals surface area (Å²) in [5, 5.41) is 13.2. The summed E-state index contributed by atoms with van der Waals surface area (Å²) < 4.78 is 31.2. The van der Waals surface area contributed by atoms with Gasteiger partial charge in [-0.25, -0.2) is 18.7 Å². The molecule has 2 N–H and O–H groups in total. The number of hydroxylamine groups is 1. The number of nitrogens with one attached hydrogen (secondary N) is 1. The fraction of sp³-hybridized carbons (Fsp3) is 0.333. The second-order valence-electron chi connectivity index (χ2n) is 8.42. The largest absolute Gasteiger partial charge is 0.360 e. The molecule has 3 aromatic rings. The van der Waals surface area contributed by atoms with E-state index in [0.717, 1.165) is 16.9 Å². The fourth-order valence-corrected chi connectivity index (χ4v) is 7.77. The maximum absolute atomic E-state index is 13.9. The van der Waals surface area contributed by atoms with Crippen LogP contribution in [0.2, 0.25) is 0 Å². The van der Waals surface area contributed by atoms with Crippen LogP contribution in [0.15, 0.2) is 51.9 Å². The van der Waals surface area contributed by atoms with E-state index in [-0.39, 0.29) is 19.5 Å². The number of hydrogen-bond donors (Lipinski definition) is 2. The van der Waals surface area contributed by atoms with E-state index in [1.807, 2.05) is 30.3 Å². The predicted molar refractivity (Wildman–Crippen MR) is 132 cm³/mol. The molecule has 0 unspecified atom stereocenters. The molecule has 1 amide bonds. The van der Waals surface area contributed by atoms with Crippen LogP contribution in [-0.4, -0.2) is 43.7 Å². The Bertz CT molecular complexity index is 1390. The first-order valence-electron chi connectivity index (χ1n) is 11.0. The Labute approximate surface area is 206 Å². The second kappa shape index (κ2) is 9.79. The van der Waals surface area contributed by atoms with E-state index in [1.165, 1.54) is 16.9 Å².